The van der Waals surface area contributed by atoms with Crippen LogP contribution in [0.3, 0.4) is 0 Å². The normalized spacial score (nSPS) is 17.9. The van der Waals surface area contributed by atoms with Crippen LogP contribution in [0.15, 0.2) is 47.6 Å². The molecule has 2 aromatic carbocycles. The number of nitrogens with one attached hydrogen (secondary N) is 2. The Morgan fingerprint density at radius 2 is 1.93 bits per heavy atom. The Morgan fingerprint density at radius 1 is 1.17 bits per heavy atom. The second kappa shape index (κ2) is 8.70. The Morgan fingerprint density at radius 3 is 2.63 bits per heavy atom. The van der Waals surface area contributed by atoms with Crippen molar-refractivity contribution in [1.29, 1.82) is 0 Å². The van der Waals surface area contributed by atoms with Gasteiger partial charge in [0.25, 0.3) is 0 Å². The first-order valence-corrected chi connectivity index (χ1v) is 11.2. The number of carbonyl (C=O) groups excluding carboxylic acids is 1. The van der Waals surface area contributed by atoms with Gasteiger partial charge in [0.15, 0.2) is 5.82 Å². The summed E-state index contributed by atoms with van der Waals surface area (Å²) in [6.07, 6.45) is 1.78. The van der Waals surface area contributed by atoms with Gasteiger partial charge in [-0.3, -0.25) is 4.79 Å². The van der Waals surface area contributed by atoms with E-state index in [9.17, 15) is 4.79 Å². The average Bonchev–Trinajstić information content (AvgIpc) is 3.12. The largest absolute Gasteiger partial charge is 0.325 e. The maximum Gasteiger partial charge on any atom is 0.240 e. The lowest BCUT2D eigenvalue weighted by Gasteiger charge is -2.33. The summed E-state index contributed by atoms with van der Waals surface area (Å²) in [5.41, 5.74) is 7.57. The number of carbonyl (C=O) groups is 1. The van der Waals surface area contributed by atoms with Gasteiger partial charge in [-0.2, -0.15) is 0 Å². The van der Waals surface area contributed by atoms with Crippen LogP contribution in [0.2, 0.25) is 5.02 Å². The molecule has 1 aliphatic rings. The highest BCUT2D eigenvalue weighted by Gasteiger charge is 2.37. The van der Waals surface area contributed by atoms with E-state index in [1.54, 1.807) is 0 Å². The zero-order chi connectivity index (χ0) is 21.3. The molecule has 2 atom stereocenters. The number of aryl methyl sites for hydroxylation is 3. The van der Waals surface area contributed by atoms with Crippen molar-refractivity contribution in [2.45, 2.75) is 50.1 Å². The molecule has 2 N–H and O–H groups in total. The molecule has 0 saturated carbocycles. The third kappa shape index (κ3) is 4.18. The average molecular weight is 442 g/mol. The summed E-state index contributed by atoms with van der Waals surface area (Å²) < 4.78 is 1.91. The summed E-state index contributed by atoms with van der Waals surface area (Å²) in [5, 5.41) is 12.6. The van der Waals surface area contributed by atoms with Gasteiger partial charge in [-0.25, -0.2) is 4.68 Å². The molecule has 2 heterocycles. The number of thioether (sulfide) groups is 1. The zero-order valence-corrected chi connectivity index (χ0v) is 18.7. The van der Waals surface area contributed by atoms with E-state index in [1.807, 2.05) is 54.1 Å². The highest BCUT2D eigenvalue weighted by atomic mass is 35.5. The van der Waals surface area contributed by atoms with Crippen LogP contribution in [-0.4, -0.2) is 26.0 Å². The van der Waals surface area contributed by atoms with Crippen molar-refractivity contribution >= 4 is 35.0 Å². The fourth-order valence-electron chi connectivity index (χ4n) is 3.44. The number of aromatic nitrogens is 3. The number of benzene rings is 2. The van der Waals surface area contributed by atoms with Crippen LogP contribution in [0.25, 0.3) is 0 Å². The van der Waals surface area contributed by atoms with E-state index in [0.29, 0.717) is 10.2 Å². The van der Waals surface area contributed by atoms with E-state index >= 15 is 0 Å². The quantitative estimate of drug-likeness (QED) is 0.589. The second-order valence-corrected chi connectivity index (χ2v) is 9.01. The van der Waals surface area contributed by atoms with Crippen LogP contribution < -0.4 is 10.7 Å². The molecule has 0 aliphatic carbocycles. The summed E-state index contributed by atoms with van der Waals surface area (Å²) in [5.74, 6) is 0.786. The lowest BCUT2D eigenvalue weighted by atomic mass is 10.0. The molecule has 0 saturated heterocycles. The smallest absolute Gasteiger partial charge is 0.240 e. The number of hydrogen-bond donors (Lipinski definition) is 2. The van der Waals surface area contributed by atoms with Crippen molar-refractivity contribution in [1.82, 2.24) is 14.9 Å². The van der Waals surface area contributed by atoms with Gasteiger partial charge >= 0.3 is 0 Å². The molecule has 0 bridgehead atoms. The standard InChI is InChI=1S/C22H24ClN5OS/c1-4-5-18-25-26-22-28(18)27-19(15-7-9-16(23)10-8-15)20(30-22)21(29)24-17-11-6-13(2)14(3)12-17/h6-12,19-20,27H,4-5H2,1-3H3,(H,24,29). The highest BCUT2D eigenvalue weighted by Crippen LogP contribution is 2.38. The van der Waals surface area contributed by atoms with Crippen molar-refractivity contribution in [2.75, 3.05) is 10.7 Å². The molecule has 1 amide bonds. The van der Waals surface area contributed by atoms with Gasteiger partial charge in [-0.05, 0) is 61.2 Å². The molecule has 3 aromatic rings. The van der Waals surface area contributed by atoms with Crippen LogP contribution in [0, 0.1) is 13.8 Å². The van der Waals surface area contributed by atoms with Crippen LogP contribution in [0.5, 0.6) is 0 Å². The number of fused-ring (bicyclic) bond motifs is 1. The first kappa shape index (κ1) is 20.8. The molecule has 4 rings (SSSR count). The predicted molar refractivity (Wildman–Crippen MR) is 122 cm³/mol. The Balaban J connectivity index is 1.66. The minimum Gasteiger partial charge on any atom is -0.325 e. The Hall–Kier alpha value is -2.51. The molecule has 6 nitrogen and oxygen atoms in total. The van der Waals surface area contributed by atoms with E-state index < -0.39 is 5.25 Å². The van der Waals surface area contributed by atoms with E-state index in [-0.39, 0.29) is 11.9 Å². The van der Waals surface area contributed by atoms with Crippen LogP contribution in [-0.2, 0) is 11.2 Å². The van der Waals surface area contributed by atoms with Crippen molar-refractivity contribution in [3.05, 3.63) is 70.0 Å². The zero-order valence-electron chi connectivity index (χ0n) is 17.1. The lowest BCUT2D eigenvalue weighted by Crippen LogP contribution is -2.41. The first-order valence-electron chi connectivity index (χ1n) is 9.97. The molecule has 156 valence electrons. The topological polar surface area (TPSA) is 71.8 Å². The maximum atomic E-state index is 13.3. The van der Waals surface area contributed by atoms with Gasteiger partial charge < -0.3 is 10.7 Å². The molecular weight excluding hydrogens is 418 g/mol. The van der Waals surface area contributed by atoms with Gasteiger partial charge in [-0.15, -0.1) is 10.2 Å². The van der Waals surface area contributed by atoms with Gasteiger partial charge in [0, 0.05) is 17.1 Å². The number of nitrogens with zero attached hydrogens (tertiary/aromatic N) is 3. The summed E-state index contributed by atoms with van der Waals surface area (Å²) in [4.78, 5) is 13.3. The lowest BCUT2D eigenvalue weighted by molar-refractivity contribution is -0.116. The van der Waals surface area contributed by atoms with Gasteiger partial charge in [0.05, 0.1) is 6.04 Å². The minimum absolute atomic E-state index is 0.0815. The molecular formula is C22H24ClN5OS. The first-order chi connectivity index (χ1) is 14.5. The second-order valence-electron chi connectivity index (χ2n) is 7.47. The monoisotopic (exact) mass is 441 g/mol. The van der Waals surface area contributed by atoms with E-state index in [1.165, 1.54) is 17.3 Å². The maximum absolute atomic E-state index is 13.3. The molecule has 0 spiro atoms. The van der Waals surface area contributed by atoms with Gasteiger partial charge in [0.2, 0.25) is 11.1 Å². The van der Waals surface area contributed by atoms with Crippen LogP contribution in [0.1, 0.15) is 41.9 Å². The Labute approximate surface area is 185 Å². The third-order valence-corrected chi connectivity index (χ3v) is 6.71. The molecule has 8 heteroatoms. The van der Waals surface area contributed by atoms with Gasteiger partial charge in [-0.1, -0.05) is 48.5 Å². The van der Waals surface area contributed by atoms with E-state index in [4.69, 9.17) is 11.6 Å². The molecule has 0 fully saturated rings. The third-order valence-electron chi connectivity index (χ3n) is 5.24. The minimum atomic E-state index is -0.418. The van der Waals surface area contributed by atoms with Gasteiger partial charge in [0.1, 0.15) is 5.25 Å². The van der Waals surface area contributed by atoms with Crippen molar-refractivity contribution in [2.24, 2.45) is 0 Å². The molecule has 1 aliphatic heterocycles. The Kier molecular flexibility index (Phi) is 6.01. The van der Waals surface area contributed by atoms with Crippen LogP contribution >= 0.6 is 23.4 Å². The number of halogens is 1. The summed E-state index contributed by atoms with van der Waals surface area (Å²) >= 11 is 7.51. The summed E-state index contributed by atoms with van der Waals surface area (Å²) in [7, 11) is 0. The molecule has 0 radical (unpaired) electrons. The number of rotatable bonds is 5. The fourth-order valence-corrected chi connectivity index (χ4v) is 4.66. The fraction of sp³-hybridized carbons (Fsp3) is 0.318. The summed E-state index contributed by atoms with van der Waals surface area (Å²) in [6.45, 7) is 6.20. The predicted octanol–water partition coefficient (Wildman–Crippen LogP) is 4.90. The summed E-state index contributed by atoms with van der Waals surface area (Å²) in [6, 6.07) is 13.3. The number of hydrogen-bond acceptors (Lipinski definition) is 5. The number of amides is 1. The van der Waals surface area contributed by atoms with Crippen molar-refractivity contribution < 1.29 is 4.79 Å². The Bertz CT molecular complexity index is 1070. The molecule has 30 heavy (non-hydrogen) atoms. The molecule has 1 aromatic heterocycles. The van der Waals surface area contributed by atoms with E-state index in [0.717, 1.165) is 35.5 Å². The van der Waals surface area contributed by atoms with Crippen molar-refractivity contribution in [3.63, 3.8) is 0 Å². The van der Waals surface area contributed by atoms with Crippen LogP contribution in [0.4, 0.5) is 5.69 Å². The van der Waals surface area contributed by atoms with Crippen molar-refractivity contribution in [3.8, 4) is 0 Å². The molecule has 2 unspecified atom stereocenters. The number of anilines is 1. The van der Waals surface area contributed by atoms with E-state index in [2.05, 4.69) is 34.8 Å². The SMILES string of the molecule is CCCc1nnc2n1NC(c1ccc(Cl)cc1)C(C(=O)Nc1ccc(C)c(C)c1)S2. The highest BCUT2D eigenvalue weighted by molar-refractivity contribution is 8.00.